The molecule has 1 aromatic carbocycles. The van der Waals surface area contributed by atoms with Gasteiger partial charge < -0.3 is 20.9 Å². The first kappa shape index (κ1) is 19.5. The third-order valence-electron chi connectivity index (χ3n) is 3.79. The molecule has 0 aliphatic rings. The van der Waals surface area contributed by atoms with Gasteiger partial charge in [-0.05, 0) is 46.0 Å². The number of hydrogen-bond acceptors (Lipinski definition) is 4. The van der Waals surface area contributed by atoms with Crippen molar-refractivity contribution in [2.24, 2.45) is 0 Å². The molecule has 0 unspecified atom stereocenters. The predicted octanol–water partition coefficient (Wildman–Crippen LogP) is 3.22. The second-order valence-corrected chi connectivity index (χ2v) is 6.26. The van der Waals surface area contributed by atoms with E-state index in [1.54, 1.807) is 0 Å². The summed E-state index contributed by atoms with van der Waals surface area (Å²) >= 11 is 0. The Balaban J connectivity index is 2.17. The average molecular weight is 353 g/mol. The molecule has 26 heavy (non-hydrogen) atoms. The lowest BCUT2D eigenvalue weighted by Gasteiger charge is -2.08. The Labute approximate surface area is 154 Å². The molecule has 2 aromatic rings. The number of anilines is 2. The number of allylic oxidation sites excluding steroid dienone is 2. The summed E-state index contributed by atoms with van der Waals surface area (Å²) in [5.41, 5.74) is 8.45. The zero-order valence-corrected chi connectivity index (χ0v) is 15.6. The van der Waals surface area contributed by atoms with Crippen molar-refractivity contribution in [1.29, 1.82) is 0 Å². The molecule has 0 saturated carbocycles. The largest absolute Gasteiger partial charge is 0.382 e. The van der Waals surface area contributed by atoms with Gasteiger partial charge in [0.25, 0.3) is 0 Å². The molecule has 1 amide bonds. The average Bonchev–Trinajstić information content (AvgIpc) is 2.96. The van der Waals surface area contributed by atoms with Crippen LogP contribution in [0.1, 0.15) is 19.0 Å². The third-order valence-corrected chi connectivity index (χ3v) is 3.79. The Kier molecular flexibility index (Phi) is 7.17. The summed E-state index contributed by atoms with van der Waals surface area (Å²) in [5.74, 6) is 0.981. The minimum atomic E-state index is -0.174. The molecular weight excluding hydrogens is 326 g/mol. The van der Waals surface area contributed by atoms with E-state index in [0.717, 1.165) is 24.1 Å². The smallest absolute Gasteiger partial charge is 0.248 e. The molecule has 1 heterocycles. The number of benzene rings is 1. The lowest BCUT2D eigenvalue weighted by Crippen LogP contribution is -2.13. The molecule has 0 fully saturated rings. The van der Waals surface area contributed by atoms with Gasteiger partial charge in [-0.25, -0.2) is 4.98 Å². The fraction of sp³-hybridized carbons (Fsp3) is 0.300. The quantitative estimate of drug-likeness (QED) is 0.502. The van der Waals surface area contributed by atoms with Crippen LogP contribution in [0.4, 0.5) is 11.5 Å². The van der Waals surface area contributed by atoms with E-state index in [1.165, 1.54) is 6.08 Å². The highest BCUT2D eigenvalue weighted by molar-refractivity contribution is 6.01. The van der Waals surface area contributed by atoms with Crippen LogP contribution in [-0.4, -0.2) is 41.4 Å². The Hall–Kier alpha value is -2.86. The van der Waals surface area contributed by atoms with Gasteiger partial charge in [-0.15, -0.1) is 0 Å². The van der Waals surface area contributed by atoms with Crippen LogP contribution < -0.4 is 11.1 Å². The molecule has 0 saturated heterocycles. The molecule has 0 aliphatic heterocycles. The van der Waals surface area contributed by atoms with Crippen molar-refractivity contribution >= 4 is 17.4 Å². The molecule has 0 radical (unpaired) electrons. The van der Waals surface area contributed by atoms with Crippen molar-refractivity contribution in [2.75, 3.05) is 31.7 Å². The Morgan fingerprint density at radius 2 is 2.08 bits per heavy atom. The number of nitrogens with two attached hydrogens (primary N) is 1. The van der Waals surface area contributed by atoms with E-state index in [9.17, 15) is 4.79 Å². The van der Waals surface area contributed by atoms with Crippen LogP contribution in [0.3, 0.4) is 0 Å². The first-order chi connectivity index (χ1) is 12.5. The van der Waals surface area contributed by atoms with Gasteiger partial charge in [-0.1, -0.05) is 30.4 Å². The highest BCUT2D eigenvalue weighted by Gasteiger charge is 2.13. The van der Waals surface area contributed by atoms with Crippen LogP contribution in [0.25, 0.3) is 11.4 Å². The number of nitrogens with zero attached hydrogens (tertiary/aromatic N) is 2. The molecule has 0 spiro atoms. The number of H-pyrrole nitrogens is 1. The van der Waals surface area contributed by atoms with Crippen LogP contribution >= 0.6 is 0 Å². The van der Waals surface area contributed by atoms with Crippen molar-refractivity contribution in [3.8, 4) is 11.4 Å². The molecule has 138 valence electrons. The number of hydrogen-bond donors (Lipinski definition) is 3. The first-order valence-electron chi connectivity index (χ1n) is 8.68. The monoisotopic (exact) mass is 353 g/mol. The first-order valence-corrected chi connectivity index (χ1v) is 8.68. The standard InChI is InChI=1S/C20H27N5O/c1-4-5-6-12-17-19(21)24-20(23-17)15-10-7-8-11-16(15)22-18(26)13-9-14-25(2)3/h4-5,7-11,13H,6,12,14,21H2,1-3H3,(H,22,26)(H,23,24)/b5-4-,13-9+. The number of carbonyl (C=O) groups excluding carboxylic acids is 1. The highest BCUT2D eigenvalue weighted by atomic mass is 16.1. The van der Waals surface area contributed by atoms with E-state index in [2.05, 4.69) is 21.4 Å². The predicted molar refractivity (Wildman–Crippen MR) is 108 cm³/mol. The summed E-state index contributed by atoms with van der Waals surface area (Å²) < 4.78 is 0. The van der Waals surface area contributed by atoms with E-state index >= 15 is 0 Å². The summed E-state index contributed by atoms with van der Waals surface area (Å²) in [6, 6.07) is 7.55. The summed E-state index contributed by atoms with van der Waals surface area (Å²) in [6.45, 7) is 2.70. The molecule has 6 heteroatoms. The second-order valence-electron chi connectivity index (χ2n) is 6.26. The SMILES string of the molecule is C/C=C\CCc1[nH]c(-c2ccccc2NC(=O)/C=C/CN(C)C)nc1N. The van der Waals surface area contributed by atoms with Crippen LogP contribution in [0.15, 0.2) is 48.6 Å². The molecule has 2 rings (SSSR count). The van der Waals surface area contributed by atoms with Gasteiger partial charge in [0.2, 0.25) is 5.91 Å². The van der Waals surface area contributed by atoms with Crippen molar-refractivity contribution in [2.45, 2.75) is 19.8 Å². The molecule has 1 aromatic heterocycles. The van der Waals surface area contributed by atoms with Crippen molar-refractivity contribution in [1.82, 2.24) is 14.9 Å². The summed E-state index contributed by atoms with van der Waals surface area (Å²) in [5, 5.41) is 2.91. The number of aryl methyl sites for hydroxylation is 1. The van der Waals surface area contributed by atoms with Gasteiger partial charge in [0.05, 0.1) is 11.4 Å². The van der Waals surface area contributed by atoms with Crippen molar-refractivity contribution in [3.05, 3.63) is 54.3 Å². The zero-order chi connectivity index (χ0) is 18.9. The van der Waals surface area contributed by atoms with E-state index in [-0.39, 0.29) is 5.91 Å². The molecule has 0 aliphatic carbocycles. The number of nitrogen functional groups attached to an aromatic ring is 1. The minimum Gasteiger partial charge on any atom is -0.382 e. The summed E-state index contributed by atoms with van der Waals surface area (Å²) in [6.07, 6.45) is 9.16. The number of nitrogens with one attached hydrogen (secondary N) is 2. The number of aromatic amines is 1. The number of amides is 1. The van der Waals surface area contributed by atoms with Crippen LogP contribution in [0.2, 0.25) is 0 Å². The maximum absolute atomic E-state index is 12.1. The van der Waals surface area contributed by atoms with E-state index in [1.807, 2.05) is 62.3 Å². The van der Waals surface area contributed by atoms with Gasteiger partial charge in [-0.2, -0.15) is 0 Å². The molecule has 6 nitrogen and oxygen atoms in total. The number of carbonyl (C=O) groups is 1. The van der Waals surface area contributed by atoms with Crippen LogP contribution in [0.5, 0.6) is 0 Å². The van der Waals surface area contributed by atoms with Gasteiger partial charge in [0.1, 0.15) is 11.6 Å². The molecular formula is C20H27N5O. The molecule has 0 bridgehead atoms. The fourth-order valence-electron chi connectivity index (χ4n) is 2.48. The number of rotatable bonds is 8. The minimum absolute atomic E-state index is 0.174. The highest BCUT2D eigenvalue weighted by Crippen LogP contribution is 2.27. The maximum Gasteiger partial charge on any atom is 0.248 e. The van der Waals surface area contributed by atoms with E-state index in [0.29, 0.717) is 23.9 Å². The van der Waals surface area contributed by atoms with Crippen molar-refractivity contribution < 1.29 is 4.79 Å². The topological polar surface area (TPSA) is 87.0 Å². The maximum atomic E-state index is 12.1. The second kappa shape index (κ2) is 9.58. The molecule has 0 atom stereocenters. The lowest BCUT2D eigenvalue weighted by atomic mass is 10.1. The van der Waals surface area contributed by atoms with Crippen LogP contribution in [-0.2, 0) is 11.2 Å². The summed E-state index contributed by atoms with van der Waals surface area (Å²) in [7, 11) is 3.90. The number of likely N-dealkylation sites (N-methyl/N-ethyl adjacent to an activating group) is 1. The van der Waals surface area contributed by atoms with Crippen LogP contribution in [0, 0.1) is 0 Å². The van der Waals surface area contributed by atoms with E-state index < -0.39 is 0 Å². The van der Waals surface area contributed by atoms with E-state index in [4.69, 9.17) is 5.73 Å². The van der Waals surface area contributed by atoms with Gasteiger partial charge in [-0.3, -0.25) is 4.79 Å². The Morgan fingerprint density at radius 1 is 1.31 bits per heavy atom. The Morgan fingerprint density at radius 3 is 2.81 bits per heavy atom. The van der Waals surface area contributed by atoms with Gasteiger partial charge >= 0.3 is 0 Å². The lowest BCUT2D eigenvalue weighted by molar-refractivity contribution is -0.111. The third kappa shape index (κ3) is 5.60. The zero-order valence-electron chi connectivity index (χ0n) is 15.6. The normalized spacial score (nSPS) is 11.7. The summed E-state index contributed by atoms with van der Waals surface area (Å²) in [4.78, 5) is 21.8. The number of para-hydroxylation sites is 1. The number of imidazole rings is 1. The molecule has 4 N–H and O–H groups in total. The number of aromatic nitrogens is 2. The Bertz CT molecular complexity index is 789. The fourth-order valence-corrected chi connectivity index (χ4v) is 2.48. The van der Waals surface area contributed by atoms with Gasteiger partial charge in [0, 0.05) is 18.2 Å². The van der Waals surface area contributed by atoms with Gasteiger partial charge in [0.15, 0.2) is 0 Å². The van der Waals surface area contributed by atoms with Crippen molar-refractivity contribution in [3.63, 3.8) is 0 Å².